The molecule has 2 N–H and O–H groups in total. The highest BCUT2D eigenvalue weighted by molar-refractivity contribution is 9.10. The number of nitrogens with one attached hydrogen (secondary N) is 2. The van der Waals surface area contributed by atoms with Crippen molar-refractivity contribution >= 4 is 39.1 Å². The fourth-order valence-electron chi connectivity index (χ4n) is 2.51. The number of hydrogen-bond donors (Lipinski definition) is 2. The molecule has 0 bridgehead atoms. The molecule has 0 aliphatic rings. The van der Waals surface area contributed by atoms with E-state index in [1.165, 1.54) is 6.92 Å². The quantitative estimate of drug-likeness (QED) is 0.778. The van der Waals surface area contributed by atoms with E-state index in [-0.39, 0.29) is 17.2 Å². The van der Waals surface area contributed by atoms with E-state index in [4.69, 9.17) is 0 Å². The number of rotatable bonds is 5. The number of anilines is 2. The van der Waals surface area contributed by atoms with E-state index in [2.05, 4.69) is 26.6 Å². The number of hydrogen-bond acceptors (Lipinski definition) is 2. The van der Waals surface area contributed by atoms with Crippen LogP contribution in [0.3, 0.4) is 0 Å². The highest BCUT2D eigenvalue weighted by Crippen LogP contribution is 2.30. The number of halogens is 1. The van der Waals surface area contributed by atoms with E-state index in [1.807, 2.05) is 50.2 Å². The zero-order valence-electron chi connectivity index (χ0n) is 14.0. The monoisotopic (exact) mass is 388 g/mol. The number of amides is 2. The van der Waals surface area contributed by atoms with Crippen molar-refractivity contribution in [1.82, 2.24) is 0 Å². The van der Waals surface area contributed by atoms with E-state index >= 15 is 0 Å². The first kappa shape index (κ1) is 18.2. The van der Waals surface area contributed by atoms with Crippen molar-refractivity contribution in [2.75, 3.05) is 10.6 Å². The molecule has 2 aromatic rings. The minimum Gasteiger partial charge on any atom is -0.325 e. The smallest absolute Gasteiger partial charge is 0.225 e. The van der Waals surface area contributed by atoms with Gasteiger partial charge in [0.15, 0.2) is 0 Å². The molecule has 0 heterocycles. The first-order chi connectivity index (χ1) is 11.3. The lowest BCUT2D eigenvalue weighted by Gasteiger charge is -2.25. The molecular weight excluding hydrogens is 368 g/mol. The topological polar surface area (TPSA) is 58.2 Å². The van der Waals surface area contributed by atoms with Gasteiger partial charge in [0, 0.05) is 17.8 Å². The fourth-order valence-corrected chi connectivity index (χ4v) is 2.87. The van der Waals surface area contributed by atoms with E-state index in [0.29, 0.717) is 17.8 Å². The van der Waals surface area contributed by atoms with Crippen molar-refractivity contribution in [3.8, 4) is 0 Å². The molecule has 0 aliphatic heterocycles. The van der Waals surface area contributed by atoms with Gasteiger partial charge in [0.2, 0.25) is 11.8 Å². The van der Waals surface area contributed by atoms with Crippen molar-refractivity contribution in [3.05, 3.63) is 58.6 Å². The van der Waals surface area contributed by atoms with Crippen molar-refractivity contribution < 1.29 is 9.59 Å². The Bertz CT molecular complexity index is 742. The van der Waals surface area contributed by atoms with Gasteiger partial charge in [-0.2, -0.15) is 0 Å². The average Bonchev–Trinajstić information content (AvgIpc) is 2.50. The van der Waals surface area contributed by atoms with Crippen molar-refractivity contribution in [2.45, 2.75) is 32.6 Å². The maximum Gasteiger partial charge on any atom is 0.225 e. The summed E-state index contributed by atoms with van der Waals surface area (Å²) < 4.78 is 0.828. The van der Waals surface area contributed by atoms with Crippen LogP contribution < -0.4 is 10.6 Å². The number of carbonyl (C=O) groups excluding carboxylic acids is 2. The Morgan fingerprint density at radius 1 is 1.00 bits per heavy atom. The van der Waals surface area contributed by atoms with Crippen LogP contribution in [0, 0.1) is 0 Å². The van der Waals surface area contributed by atoms with Crippen molar-refractivity contribution in [3.63, 3.8) is 0 Å². The Balaban J connectivity index is 2.15. The highest BCUT2D eigenvalue weighted by Gasteiger charge is 2.24. The summed E-state index contributed by atoms with van der Waals surface area (Å²) in [7, 11) is 0. The van der Waals surface area contributed by atoms with Crippen molar-refractivity contribution in [1.29, 1.82) is 0 Å². The lowest BCUT2D eigenvalue weighted by atomic mass is 9.81. The lowest BCUT2D eigenvalue weighted by molar-refractivity contribution is -0.117. The van der Waals surface area contributed by atoms with Crippen LogP contribution in [-0.2, 0) is 15.0 Å². The van der Waals surface area contributed by atoms with Gasteiger partial charge in [-0.15, -0.1) is 0 Å². The third-order valence-corrected chi connectivity index (χ3v) is 4.22. The number of benzene rings is 2. The SMILES string of the molecule is CC(=O)Nc1ccc(Br)cc1NC(=O)CC(C)(C)c1ccccc1. The van der Waals surface area contributed by atoms with Crippen LogP contribution in [-0.4, -0.2) is 11.8 Å². The van der Waals surface area contributed by atoms with Crippen LogP contribution in [0.1, 0.15) is 32.8 Å². The molecule has 0 aliphatic carbocycles. The first-order valence-corrected chi connectivity index (χ1v) is 8.50. The third-order valence-electron chi connectivity index (χ3n) is 3.72. The average molecular weight is 389 g/mol. The molecule has 0 spiro atoms. The molecule has 0 aromatic heterocycles. The van der Waals surface area contributed by atoms with Gasteiger partial charge in [0.25, 0.3) is 0 Å². The van der Waals surface area contributed by atoms with Gasteiger partial charge in [-0.3, -0.25) is 9.59 Å². The molecule has 2 rings (SSSR count). The van der Waals surface area contributed by atoms with Crippen LogP contribution in [0.4, 0.5) is 11.4 Å². The van der Waals surface area contributed by atoms with E-state index in [0.717, 1.165) is 10.0 Å². The van der Waals surface area contributed by atoms with E-state index in [1.54, 1.807) is 12.1 Å². The molecule has 126 valence electrons. The molecule has 0 fully saturated rings. The maximum atomic E-state index is 12.5. The summed E-state index contributed by atoms with van der Waals surface area (Å²) in [5.74, 6) is -0.286. The normalized spacial score (nSPS) is 11.0. The summed E-state index contributed by atoms with van der Waals surface area (Å²) in [6.07, 6.45) is 0.336. The maximum absolute atomic E-state index is 12.5. The van der Waals surface area contributed by atoms with Crippen LogP contribution >= 0.6 is 15.9 Å². The zero-order valence-corrected chi connectivity index (χ0v) is 15.6. The molecule has 0 saturated heterocycles. The Morgan fingerprint density at radius 3 is 2.29 bits per heavy atom. The molecule has 5 heteroatoms. The summed E-state index contributed by atoms with van der Waals surface area (Å²) in [6, 6.07) is 15.3. The molecule has 2 aromatic carbocycles. The largest absolute Gasteiger partial charge is 0.325 e. The minimum absolute atomic E-state index is 0.103. The van der Waals surface area contributed by atoms with Gasteiger partial charge in [-0.25, -0.2) is 0 Å². The number of carbonyl (C=O) groups is 2. The standard InChI is InChI=1S/C19H21BrN2O2/c1-13(23)21-16-10-9-15(20)11-17(16)22-18(24)12-19(2,3)14-7-5-4-6-8-14/h4-11H,12H2,1-3H3,(H,21,23)(H,22,24). The van der Waals surface area contributed by atoms with Gasteiger partial charge in [0.05, 0.1) is 11.4 Å². The zero-order chi connectivity index (χ0) is 17.7. The van der Waals surface area contributed by atoms with Crippen LogP contribution in [0.5, 0.6) is 0 Å². The Morgan fingerprint density at radius 2 is 1.67 bits per heavy atom. The molecule has 24 heavy (non-hydrogen) atoms. The van der Waals surface area contributed by atoms with Gasteiger partial charge in [-0.1, -0.05) is 60.1 Å². The summed E-state index contributed by atoms with van der Waals surface area (Å²) in [5, 5.41) is 5.62. The van der Waals surface area contributed by atoms with Gasteiger partial charge in [0.1, 0.15) is 0 Å². The van der Waals surface area contributed by atoms with Crippen LogP contribution in [0.25, 0.3) is 0 Å². The molecular formula is C19H21BrN2O2. The second kappa shape index (κ2) is 7.62. The lowest BCUT2D eigenvalue weighted by Crippen LogP contribution is -2.26. The van der Waals surface area contributed by atoms with Crippen LogP contribution in [0.15, 0.2) is 53.0 Å². The molecule has 0 atom stereocenters. The molecule has 0 radical (unpaired) electrons. The summed E-state index contributed by atoms with van der Waals surface area (Å²) in [5.41, 5.74) is 1.98. The minimum atomic E-state index is -0.286. The predicted octanol–water partition coefficient (Wildman–Crippen LogP) is 4.71. The van der Waals surface area contributed by atoms with E-state index < -0.39 is 0 Å². The summed E-state index contributed by atoms with van der Waals surface area (Å²) >= 11 is 3.39. The van der Waals surface area contributed by atoms with Gasteiger partial charge < -0.3 is 10.6 Å². The Labute approximate surface area is 150 Å². The van der Waals surface area contributed by atoms with Crippen molar-refractivity contribution in [2.24, 2.45) is 0 Å². The molecule has 0 saturated carbocycles. The highest BCUT2D eigenvalue weighted by atomic mass is 79.9. The molecule has 2 amide bonds. The van der Waals surface area contributed by atoms with E-state index in [9.17, 15) is 9.59 Å². The van der Waals surface area contributed by atoms with Gasteiger partial charge >= 0.3 is 0 Å². The fraction of sp³-hybridized carbons (Fsp3) is 0.263. The molecule has 0 unspecified atom stereocenters. The van der Waals surface area contributed by atoms with Crippen LogP contribution in [0.2, 0.25) is 0 Å². The second-order valence-electron chi connectivity index (χ2n) is 6.35. The second-order valence-corrected chi connectivity index (χ2v) is 7.26. The first-order valence-electron chi connectivity index (χ1n) is 7.70. The predicted molar refractivity (Wildman–Crippen MR) is 101 cm³/mol. The Kier molecular flexibility index (Phi) is 5.78. The summed E-state index contributed by atoms with van der Waals surface area (Å²) in [6.45, 7) is 5.52. The molecule has 4 nitrogen and oxygen atoms in total. The van der Waals surface area contributed by atoms with Gasteiger partial charge in [-0.05, 0) is 29.2 Å². The Hall–Kier alpha value is -2.14. The third kappa shape index (κ3) is 4.93. The summed E-state index contributed by atoms with van der Waals surface area (Å²) in [4.78, 5) is 23.8.